The Hall–Kier alpha value is -0.540. The molecule has 0 aliphatic heterocycles. The van der Waals surface area contributed by atoms with Gasteiger partial charge in [0, 0.05) is 7.05 Å². The highest BCUT2D eigenvalue weighted by Crippen LogP contribution is 2.10. The lowest BCUT2D eigenvalue weighted by Crippen LogP contribution is -2.00. The molecule has 0 rings (SSSR count). The molecular weight excluding hydrogens is 173 g/mol. The molecule has 0 heterocycles. The molecule has 0 aromatic carbocycles. The smallest absolute Gasteiger partial charge is 0.145 e. The third-order valence-corrected chi connectivity index (χ3v) is 1.60. The van der Waals surface area contributed by atoms with E-state index in [2.05, 4.69) is 16.7 Å². The van der Waals surface area contributed by atoms with Gasteiger partial charge in [-0.2, -0.15) is 0 Å². The topological polar surface area (TPSA) is 50.7 Å². The number of allylic oxidation sites excluding steroid dienone is 1. The molecule has 0 atom stereocenters. The number of nitrogens with zero attached hydrogens (tertiary/aromatic N) is 2. The van der Waals surface area contributed by atoms with E-state index in [-0.39, 0.29) is 16.0 Å². The van der Waals surface area contributed by atoms with Gasteiger partial charge in [0.05, 0.1) is 0 Å². The van der Waals surface area contributed by atoms with Gasteiger partial charge in [0.25, 0.3) is 0 Å². The fourth-order valence-electron chi connectivity index (χ4n) is 0.273. The fourth-order valence-corrected chi connectivity index (χ4v) is 0.514. The Bertz CT molecular complexity index is 195. The average Bonchev–Trinajstić information content (AvgIpc) is 2.00. The van der Waals surface area contributed by atoms with Crippen LogP contribution in [-0.2, 0) is 0 Å². The summed E-state index contributed by atoms with van der Waals surface area (Å²) in [5.74, 6) is 0.0808. The third kappa shape index (κ3) is 2.37. The van der Waals surface area contributed by atoms with Gasteiger partial charge in [0.2, 0.25) is 0 Å². The molecule has 5 heteroatoms. The number of halogens is 2. The zero-order valence-corrected chi connectivity index (χ0v) is 6.95. The Balaban J connectivity index is 4.63. The number of hydrogen-bond donors (Lipinski definition) is 1. The molecule has 0 fully saturated rings. The molecular formula is C5H7Cl2N3. The molecule has 0 aliphatic carbocycles. The molecule has 0 spiro atoms. The van der Waals surface area contributed by atoms with Crippen molar-refractivity contribution >= 4 is 35.1 Å². The summed E-state index contributed by atoms with van der Waals surface area (Å²) in [5, 5.41) is 0.255. The molecule has 0 unspecified atom stereocenters. The Labute approximate surface area is 69.2 Å². The van der Waals surface area contributed by atoms with Crippen LogP contribution in [0.4, 0.5) is 0 Å². The van der Waals surface area contributed by atoms with Crippen LogP contribution >= 0.6 is 23.2 Å². The summed E-state index contributed by atoms with van der Waals surface area (Å²) in [6.07, 6.45) is 0. The van der Waals surface area contributed by atoms with Gasteiger partial charge < -0.3 is 5.73 Å². The van der Waals surface area contributed by atoms with E-state index in [0.717, 1.165) is 0 Å². The van der Waals surface area contributed by atoms with Gasteiger partial charge in [-0.3, -0.25) is 4.99 Å². The van der Waals surface area contributed by atoms with Crippen molar-refractivity contribution in [2.24, 2.45) is 15.7 Å². The molecule has 0 saturated carbocycles. The standard InChI is InChI=1S/C5H7Cl2N3/c1-9-4(7)3(6)5(8)10-2/h2,8H2,1H3/b5-3+,9-4+. The zero-order valence-electron chi connectivity index (χ0n) is 5.43. The highest BCUT2D eigenvalue weighted by molar-refractivity contribution is 6.76. The summed E-state index contributed by atoms with van der Waals surface area (Å²) < 4.78 is 0. The van der Waals surface area contributed by atoms with Crippen molar-refractivity contribution in [3.8, 4) is 0 Å². The van der Waals surface area contributed by atoms with Gasteiger partial charge in [-0.05, 0) is 6.72 Å². The number of hydrogen-bond acceptors (Lipinski definition) is 3. The maximum absolute atomic E-state index is 5.54. The lowest BCUT2D eigenvalue weighted by Gasteiger charge is -1.95. The minimum atomic E-state index is 0.0808. The number of rotatable bonds is 2. The number of aliphatic imine (C=N–C) groups is 2. The van der Waals surface area contributed by atoms with Gasteiger partial charge in [0.15, 0.2) is 0 Å². The lowest BCUT2D eigenvalue weighted by atomic mass is 10.6. The first-order valence-corrected chi connectivity index (χ1v) is 3.13. The van der Waals surface area contributed by atoms with Crippen LogP contribution in [0.1, 0.15) is 0 Å². The van der Waals surface area contributed by atoms with Crippen LogP contribution in [0, 0.1) is 0 Å². The largest absolute Gasteiger partial charge is 0.382 e. The molecule has 0 saturated heterocycles. The number of nitrogens with two attached hydrogens (primary N) is 1. The van der Waals surface area contributed by atoms with Crippen LogP contribution in [-0.4, -0.2) is 18.9 Å². The minimum absolute atomic E-state index is 0.0808. The summed E-state index contributed by atoms with van der Waals surface area (Å²) >= 11 is 11.0. The van der Waals surface area contributed by atoms with Crippen LogP contribution in [0.2, 0.25) is 0 Å². The fraction of sp³-hybridized carbons (Fsp3) is 0.200. The highest BCUT2D eigenvalue weighted by atomic mass is 35.5. The first-order valence-electron chi connectivity index (χ1n) is 2.38. The summed E-state index contributed by atoms with van der Waals surface area (Å²) in [6.45, 7) is 3.17. The maximum Gasteiger partial charge on any atom is 0.145 e. The Kier molecular flexibility index (Phi) is 4.07. The van der Waals surface area contributed by atoms with Gasteiger partial charge in [0.1, 0.15) is 16.0 Å². The van der Waals surface area contributed by atoms with Crippen LogP contribution in [0.25, 0.3) is 0 Å². The molecule has 56 valence electrons. The van der Waals surface area contributed by atoms with E-state index in [1.165, 1.54) is 7.05 Å². The van der Waals surface area contributed by atoms with E-state index in [0.29, 0.717) is 0 Å². The minimum Gasteiger partial charge on any atom is -0.382 e. The Morgan fingerprint density at radius 3 is 2.30 bits per heavy atom. The first kappa shape index (κ1) is 9.46. The van der Waals surface area contributed by atoms with Crippen LogP contribution in [0.15, 0.2) is 20.8 Å². The SMILES string of the molecule is C=N/C(N)=C(Cl)\C(Cl)=N/C. The molecule has 0 aromatic heterocycles. The van der Waals surface area contributed by atoms with Crippen molar-refractivity contribution in [2.75, 3.05) is 7.05 Å². The summed E-state index contributed by atoms with van der Waals surface area (Å²) in [5.41, 5.74) is 5.25. The average molecular weight is 180 g/mol. The lowest BCUT2D eigenvalue weighted by molar-refractivity contribution is 1.26. The van der Waals surface area contributed by atoms with Gasteiger partial charge in [-0.1, -0.05) is 23.2 Å². The van der Waals surface area contributed by atoms with Crippen molar-refractivity contribution in [3.05, 3.63) is 10.9 Å². The third-order valence-electron chi connectivity index (χ3n) is 0.773. The second-order valence-corrected chi connectivity index (χ2v) is 2.11. The Morgan fingerprint density at radius 2 is 2.00 bits per heavy atom. The molecule has 0 amide bonds. The van der Waals surface area contributed by atoms with Crippen LogP contribution < -0.4 is 5.73 Å². The van der Waals surface area contributed by atoms with Crippen molar-refractivity contribution in [3.63, 3.8) is 0 Å². The predicted molar refractivity (Wildman–Crippen MR) is 45.8 cm³/mol. The van der Waals surface area contributed by atoms with Gasteiger partial charge >= 0.3 is 0 Å². The zero-order chi connectivity index (χ0) is 8.15. The van der Waals surface area contributed by atoms with Crippen molar-refractivity contribution in [1.29, 1.82) is 0 Å². The summed E-state index contributed by atoms with van der Waals surface area (Å²) in [4.78, 5) is 6.95. The van der Waals surface area contributed by atoms with Crippen LogP contribution in [0.3, 0.4) is 0 Å². The first-order chi connectivity index (χ1) is 4.63. The molecule has 10 heavy (non-hydrogen) atoms. The van der Waals surface area contributed by atoms with Gasteiger partial charge in [-0.15, -0.1) is 0 Å². The molecule has 2 N–H and O–H groups in total. The molecule has 0 radical (unpaired) electrons. The summed E-state index contributed by atoms with van der Waals surface area (Å²) in [6, 6.07) is 0. The molecule has 0 aromatic rings. The predicted octanol–water partition coefficient (Wildman–Crippen LogP) is 1.32. The van der Waals surface area contributed by atoms with E-state index < -0.39 is 0 Å². The van der Waals surface area contributed by atoms with Crippen molar-refractivity contribution < 1.29 is 0 Å². The molecule has 0 aliphatic rings. The maximum atomic E-state index is 5.54. The van der Waals surface area contributed by atoms with E-state index in [4.69, 9.17) is 28.9 Å². The quantitative estimate of drug-likeness (QED) is 0.640. The van der Waals surface area contributed by atoms with E-state index in [9.17, 15) is 0 Å². The van der Waals surface area contributed by atoms with E-state index in [1.54, 1.807) is 0 Å². The van der Waals surface area contributed by atoms with E-state index >= 15 is 0 Å². The van der Waals surface area contributed by atoms with Crippen LogP contribution in [0.5, 0.6) is 0 Å². The second kappa shape index (κ2) is 4.30. The molecule has 3 nitrogen and oxygen atoms in total. The van der Waals surface area contributed by atoms with Crippen molar-refractivity contribution in [2.45, 2.75) is 0 Å². The Morgan fingerprint density at radius 1 is 1.50 bits per heavy atom. The normalized spacial score (nSPS) is 14.5. The van der Waals surface area contributed by atoms with Crippen molar-refractivity contribution in [1.82, 2.24) is 0 Å². The monoisotopic (exact) mass is 179 g/mol. The summed E-state index contributed by atoms with van der Waals surface area (Å²) in [7, 11) is 1.50. The second-order valence-electron chi connectivity index (χ2n) is 1.37. The highest BCUT2D eigenvalue weighted by Gasteiger charge is 2.02. The van der Waals surface area contributed by atoms with Gasteiger partial charge in [-0.25, -0.2) is 4.99 Å². The molecule has 0 bridgehead atoms. The van der Waals surface area contributed by atoms with E-state index in [1.807, 2.05) is 0 Å².